The van der Waals surface area contributed by atoms with Gasteiger partial charge in [0.05, 0.1) is 13.5 Å². The Balaban J connectivity index is -0.000000503. The number of Topliss-reactive ketones (excluding diaryl/α,β-unsaturated/α-hetero) is 1. The summed E-state index contributed by atoms with van der Waals surface area (Å²) in [6.45, 7) is 6.70. The molecule has 0 spiro atoms. The van der Waals surface area contributed by atoms with E-state index in [1.165, 1.54) is 130 Å². The highest BCUT2D eigenvalue weighted by Gasteiger charge is 2.16. The van der Waals surface area contributed by atoms with E-state index in [0.29, 0.717) is 19.3 Å². The van der Waals surface area contributed by atoms with Crippen LogP contribution < -0.4 is 0 Å². The van der Waals surface area contributed by atoms with Crippen molar-refractivity contribution in [1.29, 1.82) is 0 Å². The Morgan fingerprint density at radius 3 is 1.20 bits per heavy atom. The van der Waals surface area contributed by atoms with E-state index in [2.05, 4.69) is 69.4 Å². The summed E-state index contributed by atoms with van der Waals surface area (Å²) in [5.74, 6) is -0.175. The number of carbonyl (C=O) groups is 2. The molecule has 0 aliphatic carbocycles. The number of unbranched alkanes of at least 4 members (excludes halogenated alkanes) is 22. The quantitative estimate of drug-likeness (QED) is 0.0350. The van der Waals surface area contributed by atoms with Crippen LogP contribution >= 0.6 is 0 Å². The van der Waals surface area contributed by atoms with Crippen LogP contribution in [0.25, 0.3) is 0 Å². The molecular formula is C53H101F2NO3. The molecule has 350 valence electrons. The summed E-state index contributed by atoms with van der Waals surface area (Å²) < 4.78 is 27.7. The van der Waals surface area contributed by atoms with Gasteiger partial charge in [0, 0.05) is 19.9 Å². The first-order valence-electron chi connectivity index (χ1n) is 24.0. The molecule has 0 rings (SSSR count). The van der Waals surface area contributed by atoms with E-state index in [9.17, 15) is 18.4 Å². The molecule has 0 aromatic rings. The largest absolute Gasteiger partial charge is 0.300 e. The zero-order valence-electron chi connectivity index (χ0n) is 38.2. The highest BCUT2D eigenvalue weighted by molar-refractivity contribution is 5.78. The highest BCUT2D eigenvalue weighted by atomic mass is 19.1. The summed E-state index contributed by atoms with van der Waals surface area (Å²) in [5, 5.41) is 1.09. The monoisotopic (exact) mass is 838 g/mol. The predicted octanol–water partition coefficient (Wildman–Crippen LogP) is 18.1. The molecule has 4 nitrogen and oxygen atoms in total. The second kappa shape index (κ2) is 53.9. The number of hydrogen-bond acceptors (Lipinski definition) is 3. The zero-order chi connectivity index (χ0) is 42.3. The minimum absolute atomic E-state index is 0. The fraction of sp³-hybridized carbons (Fsp3) is 0.811. The lowest BCUT2D eigenvalue weighted by molar-refractivity contribution is -0.169. The average Bonchev–Trinajstić information content (AvgIpc) is 3.20. The van der Waals surface area contributed by atoms with Crippen molar-refractivity contribution in [3.63, 3.8) is 0 Å². The number of amides is 1. The van der Waals surface area contributed by atoms with Gasteiger partial charge in [-0.2, -0.15) is 0 Å². The van der Waals surface area contributed by atoms with Crippen molar-refractivity contribution in [2.24, 2.45) is 0 Å². The van der Waals surface area contributed by atoms with E-state index in [4.69, 9.17) is 4.84 Å². The minimum atomic E-state index is -1.06. The van der Waals surface area contributed by atoms with Crippen molar-refractivity contribution in [3.05, 3.63) is 48.6 Å². The van der Waals surface area contributed by atoms with Crippen LogP contribution in [0.5, 0.6) is 0 Å². The second-order valence-corrected chi connectivity index (χ2v) is 16.1. The maximum atomic E-state index is 14.0. The summed E-state index contributed by atoms with van der Waals surface area (Å²) in [5.41, 5.74) is 0. The van der Waals surface area contributed by atoms with Crippen molar-refractivity contribution < 1.29 is 23.2 Å². The van der Waals surface area contributed by atoms with Gasteiger partial charge >= 0.3 is 0 Å². The molecule has 6 heteroatoms. The molecule has 1 amide bonds. The van der Waals surface area contributed by atoms with Crippen molar-refractivity contribution in [3.8, 4) is 0 Å². The molecule has 0 N–H and O–H groups in total. The van der Waals surface area contributed by atoms with Gasteiger partial charge in [-0.3, -0.25) is 14.4 Å². The Morgan fingerprint density at radius 1 is 0.475 bits per heavy atom. The number of allylic oxidation sites excluding steroid dienone is 8. The standard InChI is InChI=1S/C29H53FO.C22H40FNO2.2CH4/c1-3-5-7-9-11-12-13-14-15-16-17-18-20-21-23-25-28(30)27-29(31)26-24-22-19-10-8-6-4-2;1-4-5-6-7-8-9-10-11-12-13-14-15-16-17-18-19-21(23)20-22(25)24(2)26-3;;/h11-12,14-15,28H,3-10,13,16-27H2,1-2H3;8-9,11-12,21H,4-7,10,13-20H2,1-3H3;2*1H4/b12-11-,15-14-;9-8-,12-11-;;. The topological polar surface area (TPSA) is 46.6 Å². The Hall–Kier alpha value is -2.08. The second-order valence-electron chi connectivity index (χ2n) is 16.1. The Labute approximate surface area is 367 Å². The van der Waals surface area contributed by atoms with Gasteiger partial charge < -0.3 is 0 Å². The molecule has 0 aromatic carbocycles. The normalized spacial score (nSPS) is 12.5. The van der Waals surface area contributed by atoms with E-state index in [0.717, 1.165) is 75.7 Å². The first kappa shape index (κ1) is 63.6. The predicted molar refractivity (Wildman–Crippen MR) is 259 cm³/mol. The highest BCUT2D eigenvalue weighted by Crippen LogP contribution is 2.16. The molecule has 2 atom stereocenters. The summed E-state index contributed by atoms with van der Waals surface area (Å²) in [4.78, 5) is 28.1. The van der Waals surface area contributed by atoms with E-state index in [-0.39, 0.29) is 39.4 Å². The summed E-state index contributed by atoms with van der Waals surface area (Å²) in [6.07, 6.45) is 52.1. The number of carbonyl (C=O) groups excluding carboxylic acids is 2. The molecule has 0 saturated carbocycles. The molecule has 59 heavy (non-hydrogen) atoms. The zero-order valence-corrected chi connectivity index (χ0v) is 38.2. The molecule has 0 aliphatic rings. The van der Waals surface area contributed by atoms with Crippen molar-refractivity contribution >= 4 is 11.7 Å². The van der Waals surface area contributed by atoms with E-state index >= 15 is 0 Å². The van der Waals surface area contributed by atoms with Crippen LogP contribution in [0, 0.1) is 0 Å². The van der Waals surface area contributed by atoms with Crippen LogP contribution in [0.4, 0.5) is 8.78 Å². The van der Waals surface area contributed by atoms with Crippen LogP contribution in [0.2, 0.25) is 0 Å². The smallest absolute Gasteiger partial charge is 0.248 e. The molecule has 2 unspecified atom stereocenters. The van der Waals surface area contributed by atoms with Crippen LogP contribution in [0.15, 0.2) is 48.6 Å². The van der Waals surface area contributed by atoms with Crippen LogP contribution in [0.3, 0.4) is 0 Å². The van der Waals surface area contributed by atoms with Gasteiger partial charge in [0.15, 0.2) is 0 Å². The van der Waals surface area contributed by atoms with Gasteiger partial charge in [-0.15, -0.1) is 0 Å². The maximum Gasteiger partial charge on any atom is 0.248 e. The molecule has 0 radical (unpaired) electrons. The third-order valence-electron chi connectivity index (χ3n) is 10.5. The van der Waals surface area contributed by atoms with Crippen molar-refractivity contribution in [1.82, 2.24) is 5.06 Å². The lowest BCUT2D eigenvalue weighted by atomic mass is 10.0. The molecule has 0 aromatic heterocycles. The number of rotatable bonds is 41. The first-order chi connectivity index (χ1) is 27.8. The van der Waals surface area contributed by atoms with Crippen LogP contribution in [-0.4, -0.2) is 43.3 Å². The van der Waals surface area contributed by atoms with Gasteiger partial charge in [-0.1, -0.05) is 200 Å². The SMILES string of the molecule is C.C.CCCCC/C=C\C/C=C\CCCCCCCC(F)CC(=O)CCCCCCCCC.CCCCC/C=C\C/C=C\CCCCCCCC(F)CC(=O)N(C)OC. The number of nitrogens with zero attached hydrogens (tertiary/aromatic N) is 1. The third kappa shape index (κ3) is 53.9. The average molecular weight is 838 g/mol. The molecule has 0 bridgehead atoms. The molecule has 0 aliphatic heterocycles. The molecular weight excluding hydrogens is 737 g/mol. The van der Waals surface area contributed by atoms with E-state index in [1.807, 2.05) is 0 Å². The lowest BCUT2D eigenvalue weighted by Gasteiger charge is -2.15. The number of ketones is 1. The molecule has 0 heterocycles. The number of hydrogen-bond donors (Lipinski definition) is 0. The van der Waals surface area contributed by atoms with Gasteiger partial charge in [0.2, 0.25) is 5.91 Å². The fourth-order valence-corrected chi connectivity index (χ4v) is 6.61. The van der Waals surface area contributed by atoms with Crippen LogP contribution in [0.1, 0.15) is 254 Å². The first-order valence-corrected chi connectivity index (χ1v) is 24.0. The summed E-state index contributed by atoms with van der Waals surface area (Å²) in [6, 6.07) is 0. The van der Waals surface area contributed by atoms with E-state index < -0.39 is 12.3 Å². The lowest BCUT2D eigenvalue weighted by Crippen LogP contribution is -2.27. The fourth-order valence-electron chi connectivity index (χ4n) is 6.61. The molecule has 0 saturated heterocycles. The van der Waals surface area contributed by atoms with Gasteiger partial charge in [-0.25, -0.2) is 13.8 Å². The van der Waals surface area contributed by atoms with Gasteiger partial charge in [0.25, 0.3) is 0 Å². The Bertz CT molecular complexity index is 962. The number of alkyl halides is 2. The van der Waals surface area contributed by atoms with E-state index in [1.54, 1.807) is 0 Å². The van der Waals surface area contributed by atoms with Crippen molar-refractivity contribution in [2.75, 3.05) is 14.2 Å². The van der Waals surface area contributed by atoms with Gasteiger partial charge in [-0.05, 0) is 83.5 Å². The maximum absolute atomic E-state index is 14.0. The number of hydroxylamine groups is 2. The van der Waals surface area contributed by atoms with Gasteiger partial charge in [0.1, 0.15) is 18.1 Å². The number of halogens is 2. The Kier molecular flexibility index (Phi) is 58.1. The van der Waals surface area contributed by atoms with Crippen LogP contribution in [-0.2, 0) is 14.4 Å². The summed E-state index contributed by atoms with van der Waals surface area (Å²) >= 11 is 0. The summed E-state index contributed by atoms with van der Waals surface area (Å²) in [7, 11) is 2.92. The third-order valence-corrected chi connectivity index (χ3v) is 10.5. The Morgan fingerprint density at radius 2 is 0.797 bits per heavy atom. The van der Waals surface area contributed by atoms with Crippen molar-refractivity contribution in [2.45, 2.75) is 266 Å². The minimum Gasteiger partial charge on any atom is -0.300 e. The molecule has 0 fully saturated rings.